The van der Waals surface area contributed by atoms with Crippen LogP contribution in [0.2, 0.25) is 0 Å². The quantitative estimate of drug-likeness (QED) is 0.515. The van der Waals surface area contributed by atoms with E-state index in [2.05, 4.69) is 0 Å². The Bertz CT molecular complexity index is 912. The zero-order valence-electron chi connectivity index (χ0n) is 11.1. The van der Waals surface area contributed by atoms with Gasteiger partial charge in [0, 0.05) is 11.5 Å². The molecular weight excluding hydrogens is 272 g/mol. The summed E-state index contributed by atoms with van der Waals surface area (Å²) in [5.74, 6) is -1.67. The standard InChI is InChI=1S/C16H12O5/c1-7-11-6-12-8(3-10(17)5-13(12)18)2-9(11)4-14(19)15(7)16(20)21/h2-6,17-19H,1H3,(H,20,21). The first-order chi connectivity index (χ1) is 9.88. The van der Waals surface area contributed by atoms with Crippen LogP contribution >= 0.6 is 0 Å². The highest BCUT2D eigenvalue weighted by Crippen LogP contribution is 2.36. The molecule has 0 saturated carbocycles. The van der Waals surface area contributed by atoms with Gasteiger partial charge in [-0.05, 0) is 52.9 Å². The number of aromatic hydroxyl groups is 3. The highest BCUT2D eigenvalue weighted by atomic mass is 16.4. The van der Waals surface area contributed by atoms with Crippen LogP contribution < -0.4 is 0 Å². The molecule has 5 nitrogen and oxygen atoms in total. The van der Waals surface area contributed by atoms with Crippen molar-refractivity contribution in [3.8, 4) is 17.2 Å². The number of aromatic carboxylic acids is 1. The molecule has 5 heteroatoms. The Balaban J connectivity index is 2.49. The Morgan fingerprint density at radius 1 is 0.857 bits per heavy atom. The summed E-state index contributed by atoms with van der Waals surface area (Å²) < 4.78 is 0. The molecule has 0 saturated heterocycles. The van der Waals surface area contributed by atoms with Crippen LogP contribution in [0.15, 0.2) is 30.3 Å². The van der Waals surface area contributed by atoms with Gasteiger partial charge in [-0.1, -0.05) is 0 Å². The molecule has 21 heavy (non-hydrogen) atoms. The minimum atomic E-state index is -1.21. The molecule has 0 aliphatic rings. The van der Waals surface area contributed by atoms with Gasteiger partial charge in [-0.25, -0.2) is 4.79 Å². The number of fused-ring (bicyclic) bond motifs is 2. The van der Waals surface area contributed by atoms with Crippen molar-refractivity contribution >= 4 is 27.5 Å². The fourth-order valence-corrected chi connectivity index (χ4v) is 2.65. The molecule has 0 bridgehead atoms. The van der Waals surface area contributed by atoms with Gasteiger partial charge in [-0.2, -0.15) is 0 Å². The number of carbonyl (C=O) groups is 1. The topological polar surface area (TPSA) is 98.0 Å². The minimum absolute atomic E-state index is 0.0672. The van der Waals surface area contributed by atoms with Crippen molar-refractivity contribution < 1.29 is 25.2 Å². The van der Waals surface area contributed by atoms with E-state index in [4.69, 9.17) is 5.11 Å². The summed E-state index contributed by atoms with van der Waals surface area (Å²) in [5.41, 5.74) is 0.270. The Hall–Kier alpha value is -2.95. The Kier molecular flexibility index (Phi) is 2.66. The number of aryl methyl sites for hydroxylation is 1. The van der Waals surface area contributed by atoms with Crippen LogP contribution in [0.25, 0.3) is 21.5 Å². The summed E-state index contributed by atoms with van der Waals surface area (Å²) in [6.45, 7) is 1.61. The maximum atomic E-state index is 11.2. The van der Waals surface area contributed by atoms with Gasteiger partial charge in [-0.3, -0.25) is 0 Å². The summed E-state index contributed by atoms with van der Waals surface area (Å²) in [6, 6.07) is 7.42. The van der Waals surface area contributed by atoms with Gasteiger partial charge in [0.05, 0.1) is 0 Å². The maximum absolute atomic E-state index is 11.2. The van der Waals surface area contributed by atoms with Crippen LogP contribution in [0, 0.1) is 6.92 Å². The maximum Gasteiger partial charge on any atom is 0.339 e. The van der Waals surface area contributed by atoms with Crippen molar-refractivity contribution in [2.75, 3.05) is 0 Å². The minimum Gasteiger partial charge on any atom is -0.508 e. The predicted molar refractivity (Wildman–Crippen MR) is 78.1 cm³/mol. The second-order valence-electron chi connectivity index (χ2n) is 4.96. The van der Waals surface area contributed by atoms with E-state index in [9.17, 15) is 20.1 Å². The SMILES string of the molecule is Cc1c(C(=O)O)c(O)cc2cc3cc(O)cc(O)c3cc12. The van der Waals surface area contributed by atoms with Crippen LogP contribution in [0.3, 0.4) is 0 Å². The van der Waals surface area contributed by atoms with Gasteiger partial charge < -0.3 is 20.4 Å². The monoisotopic (exact) mass is 284 g/mol. The lowest BCUT2D eigenvalue weighted by Crippen LogP contribution is -2.01. The van der Waals surface area contributed by atoms with Crippen molar-refractivity contribution in [3.63, 3.8) is 0 Å². The van der Waals surface area contributed by atoms with Crippen molar-refractivity contribution in [2.45, 2.75) is 6.92 Å². The molecule has 3 aromatic rings. The summed E-state index contributed by atoms with van der Waals surface area (Å²) in [6.07, 6.45) is 0. The third kappa shape index (κ3) is 1.90. The number of carboxylic acid groups (broad SMARTS) is 1. The number of rotatable bonds is 1. The van der Waals surface area contributed by atoms with E-state index in [1.165, 1.54) is 18.2 Å². The molecule has 0 radical (unpaired) electrons. The first kappa shape index (κ1) is 13.1. The second-order valence-corrected chi connectivity index (χ2v) is 4.96. The Morgan fingerprint density at radius 2 is 1.52 bits per heavy atom. The summed E-state index contributed by atoms with van der Waals surface area (Å²) in [5, 5.41) is 40.8. The zero-order valence-corrected chi connectivity index (χ0v) is 11.1. The lowest BCUT2D eigenvalue weighted by molar-refractivity contribution is 0.0693. The molecule has 0 heterocycles. The fourth-order valence-electron chi connectivity index (χ4n) is 2.65. The lowest BCUT2D eigenvalue weighted by Gasteiger charge is -2.11. The average molecular weight is 284 g/mol. The first-order valence-corrected chi connectivity index (χ1v) is 6.24. The Labute approximate surface area is 119 Å². The first-order valence-electron chi connectivity index (χ1n) is 6.24. The van der Waals surface area contributed by atoms with Gasteiger partial charge in [0.1, 0.15) is 22.8 Å². The molecule has 4 N–H and O–H groups in total. The van der Waals surface area contributed by atoms with Crippen LogP contribution in [0.1, 0.15) is 15.9 Å². The Morgan fingerprint density at radius 3 is 2.19 bits per heavy atom. The van der Waals surface area contributed by atoms with E-state index in [0.29, 0.717) is 27.1 Å². The molecular formula is C16H12O5. The smallest absolute Gasteiger partial charge is 0.339 e. The van der Waals surface area contributed by atoms with Crippen LogP contribution in [0.5, 0.6) is 17.2 Å². The normalized spacial score (nSPS) is 11.1. The third-order valence-electron chi connectivity index (χ3n) is 3.63. The average Bonchev–Trinajstić information content (AvgIpc) is 2.36. The molecule has 0 spiro atoms. The molecule has 0 atom stereocenters. The van der Waals surface area contributed by atoms with E-state index in [-0.39, 0.29) is 22.8 Å². The number of benzene rings is 3. The number of hydrogen-bond donors (Lipinski definition) is 4. The van der Waals surface area contributed by atoms with Gasteiger partial charge in [0.2, 0.25) is 0 Å². The predicted octanol–water partition coefficient (Wildman–Crippen LogP) is 3.12. The highest BCUT2D eigenvalue weighted by Gasteiger charge is 2.17. The number of carboxylic acids is 1. The molecule has 0 aliphatic heterocycles. The highest BCUT2D eigenvalue weighted by molar-refractivity contribution is 6.07. The molecule has 106 valence electrons. The van der Waals surface area contributed by atoms with Crippen molar-refractivity contribution in [3.05, 3.63) is 41.5 Å². The molecule has 3 aromatic carbocycles. The van der Waals surface area contributed by atoms with E-state index in [0.717, 1.165) is 0 Å². The van der Waals surface area contributed by atoms with Gasteiger partial charge >= 0.3 is 5.97 Å². The lowest BCUT2D eigenvalue weighted by atomic mass is 9.95. The van der Waals surface area contributed by atoms with Crippen molar-refractivity contribution in [2.24, 2.45) is 0 Å². The van der Waals surface area contributed by atoms with Gasteiger partial charge in [0.15, 0.2) is 0 Å². The number of phenolic OH excluding ortho intramolecular Hbond substituents is 2. The molecule has 0 amide bonds. The van der Waals surface area contributed by atoms with Crippen molar-refractivity contribution in [1.82, 2.24) is 0 Å². The fraction of sp³-hybridized carbons (Fsp3) is 0.0625. The second kappa shape index (κ2) is 4.28. The number of phenols is 3. The molecule has 0 fully saturated rings. The van der Waals surface area contributed by atoms with Crippen molar-refractivity contribution in [1.29, 1.82) is 0 Å². The van der Waals surface area contributed by atoms with Crippen LogP contribution in [-0.4, -0.2) is 26.4 Å². The molecule has 0 aliphatic carbocycles. The number of hydrogen-bond acceptors (Lipinski definition) is 4. The van der Waals surface area contributed by atoms with E-state index in [1.807, 2.05) is 0 Å². The largest absolute Gasteiger partial charge is 0.508 e. The van der Waals surface area contributed by atoms with Crippen LogP contribution in [0.4, 0.5) is 0 Å². The zero-order chi connectivity index (χ0) is 15.3. The van der Waals surface area contributed by atoms with Gasteiger partial charge in [-0.15, -0.1) is 0 Å². The van der Waals surface area contributed by atoms with E-state index in [1.54, 1.807) is 19.1 Å². The van der Waals surface area contributed by atoms with Gasteiger partial charge in [0.25, 0.3) is 0 Å². The van der Waals surface area contributed by atoms with E-state index >= 15 is 0 Å². The summed E-state index contributed by atoms with van der Waals surface area (Å²) in [4.78, 5) is 11.2. The molecule has 0 aromatic heterocycles. The molecule has 0 unspecified atom stereocenters. The molecule has 3 rings (SSSR count). The third-order valence-corrected chi connectivity index (χ3v) is 3.63. The summed E-state index contributed by atoms with van der Waals surface area (Å²) >= 11 is 0. The van der Waals surface area contributed by atoms with E-state index < -0.39 is 5.97 Å². The van der Waals surface area contributed by atoms with Crippen LogP contribution in [-0.2, 0) is 0 Å². The summed E-state index contributed by atoms with van der Waals surface area (Å²) in [7, 11) is 0.